The first-order chi connectivity index (χ1) is 26.0. The summed E-state index contributed by atoms with van der Waals surface area (Å²) in [6, 6.07) is 17.7. The summed E-state index contributed by atoms with van der Waals surface area (Å²) in [4.78, 5) is 42.9. The molecule has 13 nitrogen and oxygen atoms in total. The van der Waals surface area contributed by atoms with Crippen LogP contribution in [0.2, 0.25) is 0 Å². The van der Waals surface area contributed by atoms with Crippen molar-refractivity contribution >= 4 is 38.8 Å². The molecule has 3 amide bonds. The van der Waals surface area contributed by atoms with E-state index in [0.29, 0.717) is 31.1 Å². The van der Waals surface area contributed by atoms with Gasteiger partial charge in [0.25, 0.3) is 5.91 Å². The molecule has 286 valence electrons. The standard InChI is InChI=1S/C40H47N5O8S/c1-43(2)54(49,50)42-38(46)27-12-16-33-34(22-27)45-23-29(20-28-21-31(52-4)15-17-32(28)37(45)36(33)26-8-6-5-7-9-26)41-39(47)40(48)44-18-19-53-24-35(44)25-10-13-30(51-3)14-11-25/h10-17,21-22,26,29,35H,5-9,18-20,23-24H2,1-4H3,(H,41,47)(H,42,46). The van der Waals surface area contributed by atoms with Gasteiger partial charge in [-0.2, -0.15) is 12.7 Å². The summed E-state index contributed by atoms with van der Waals surface area (Å²) in [7, 11) is 1.89. The molecule has 2 fully saturated rings. The number of fused-ring (bicyclic) bond motifs is 5. The van der Waals surface area contributed by atoms with E-state index in [9.17, 15) is 22.8 Å². The van der Waals surface area contributed by atoms with E-state index in [1.807, 2.05) is 48.5 Å². The highest BCUT2D eigenvalue weighted by Gasteiger charge is 2.36. The van der Waals surface area contributed by atoms with Gasteiger partial charge in [-0.05, 0) is 84.3 Å². The molecule has 1 aromatic heterocycles. The first kappa shape index (κ1) is 37.4. The Morgan fingerprint density at radius 2 is 1.63 bits per heavy atom. The number of rotatable bonds is 8. The number of benzene rings is 3. The molecule has 7 rings (SSSR count). The molecule has 54 heavy (non-hydrogen) atoms. The third-order valence-electron chi connectivity index (χ3n) is 10.9. The fourth-order valence-corrected chi connectivity index (χ4v) is 8.67. The van der Waals surface area contributed by atoms with Gasteiger partial charge in [0.2, 0.25) is 0 Å². The van der Waals surface area contributed by atoms with Crippen LogP contribution in [0.3, 0.4) is 0 Å². The molecular weight excluding hydrogens is 711 g/mol. The number of nitrogens with zero attached hydrogens (tertiary/aromatic N) is 3. The molecule has 2 N–H and O–H groups in total. The molecule has 3 aliphatic rings. The van der Waals surface area contributed by atoms with Gasteiger partial charge in [0.15, 0.2) is 0 Å². The van der Waals surface area contributed by atoms with Crippen molar-refractivity contribution in [2.45, 2.75) is 63.1 Å². The Morgan fingerprint density at radius 1 is 0.907 bits per heavy atom. The van der Waals surface area contributed by atoms with E-state index in [2.05, 4.69) is 14.6 Å². The second kappa shape index (κ2) is 15.4. The summed E-state index contributed by atoms with van der Waals surface area (Å²) < 4.78 is 47.1. The SMILES string of the molecule is COc1ccc(C2COCCN2C(=O)C(=O)NC2Cc3cc(OC)ccc3-c3c(C4CCCCC4)c4ccc(C(=O)NS(=O)(=O)N(C)C)cc4n3C2)cc1. The van der Waals surface area contributed by atoms with E-state index in [4.69, 9.17) is 14.2 Å². The summed E-state index contributed by atoms with van der Waals surface area (Å²) >= 11 is 0. The van der Waals surface area contributed by atoms with E-state index >= 15 is 0 Å². The molecule has 1 saturated heterocycles. The third kappa shape index (κ3) is 7.29. The van der Waals surface area contributed by atoms with Gasteiger partial charge in [0, 0.05) is 49.2 Å². The Morgan fingerprint density at radius 3 is 2.33 bits per heavy atom. The van der Waals surface area contributed by atoms with Gasteiger partial charge in [-0.1, -0.05) is 37.5 Å². The lowest BCUT2D eigenvalue weighted by Gasteiger charge is -2.35. The fraction of sp³-hybridized carbons (Fsp3) is 0.425. The highest BCUT2D eigenvalue weighted by Crippen LogP contribution is 2.46. The van der Waals surface area contributed by atoms with Crippen LogP contribution < -0.4 is 19.5 Å². The molecule has 0 bridgehead atoms. The van der Waals surface area contributed by atoms with Crippen LogP contribution in [0.5, 0.6) is 11.5 Å². The number of methoxy groups -OCH3 is 2. The van der Waals surface area contributed by atoms with E-state index in [1.54, 1.807) is 31.3 Å². The van der Waals surface area contributed by atoms with Gasteiger partial charge in [-0.15, -0.1) is 0 Å². The molecule has 1 saturated carbocycles. The number of hydrogen-bond acceptors (Lipinski definition) is 8. The quantitative estimate of drug-likeness (QED) is 0.249. The van der Waals surface area contributed by atoms with Crippen LogP contribution in [0.1, 0.15) is 71.1 Å². The number of nitrogens with one attached hydrogen (secondary N) is 2. The number of aromatic nitrogens is 1. The van der Waals surface area contributed by atoms with E-state index < -0.39 is 40.0 Å². The lowest BCUT2D eigenvalue weighted by atomic mass is 9.81. The Labute approximate surface area is 315 Å². The van der Waals surface area contributed by atoms with Crippen molar-refractivity contribution in [1.82, 2.24) is 23.8 Å². The van der Waals surface area contributed by atoms with Crippen molar-refractivity contribution in [3.05, 3.63) is 82.9 Å². The average molecular weight is 758 g/mol. The zero-order valence-electron chi connectivity index (χ0n) is 31.1. The minimum absolute atomic E-state index is 0.190. The highest BCUT2D eigenvalue weighted by atomic mass is 32.2. The maximum Gasteiger partial charge on any atom is 0.312 e. The van der Waals surface area contributed by atoms with Gasteiger partial charge in [0.05, 0.1) is 45.2 Å². The molecule has 1 aliphatic carbocycles. The van der Waals surface area contributed by atoms with Crippen LogP contribution in [0.4, 0.5) is 0 Å². The predicted molar refractivity (Wildman–Crippen MR) is 204 cm³/mol. The normalized spacial score (nSPS) is 19.1. The zero-order valence-corrected chi connectivity index (χ0v) is 31.9. The van der Waals surface area contributed by atoms with Crippen LogP contribution in [0.15, 0.2) is 60.7 Å². The smallest absolute Gasteiger partial charge is 0.312 e. The lowest BCUT2D eigenvalue weighted by molar-refractivity contribution is -0.152. The number of amides is 3. The Balaban J connectivity index is 1.28. The summed E-state index contributed by atoms with van der Waals surface area (Å²) in [5.74, 6) is -0.472. The number of morpholine rings is 1. The second-order valence-corrected chi connectivity index (χ2v) is 16.3. The van der Waals surface area contributed by atoms with Crippen molar-refractivity contribution in [1.29, 1.82) is 0 Å². The van der Waals surface area contributed by atoms with Gasteiger partial charge < -0.3 is 29.0 Å². The maximum absolute atomic E-state index is 14.0. The van der Waals surface area contributed by atoms with Crippen molar-refractivity contribution in [3.63, 3.8) is 0 Å². The third-order valence-corrected chi connectivity index (χ3v) is 12.3. The van der Waals surface area contributed by atoms with Crippen molar-refractivity contribution < 1.29 is 37.0 Å². The lowest BCUT2D eigenvalue weighted by Crippen LogP contribution is -2.52. The molecule has 0 radical (unpaired) electrons. The molecule has 4 aromatic rings. The highest BCUT2D eigenvalue weighted by molar-refractivity contribution is 7.87. The molecule has 0 spiro atoms. The Hall–Kier alpha value is -4.92. The molecule has 2 aliphatic heterocycles. The van der Waals surface area contributed by atoms with E-state index in [-0.39, 0.29) is 24.6 Å². The van der Waals surface area contributed by atoms with Gasteiger partial charge >= 0.3 is 22.0 Å². The van der Waals surface area contributed by atoms with Gasteiger partial charge in [-0.3, -0.25) is 14.4 Å². The first-order valence-corrected chi connectivity index (χ1v) is 19.8. The monoisotopic (exact) mass is 757 g/mol. The van der Waals surface area contributed by atoms with Gasteiger partial charge in [-0.25, -0.2) is 4.72 Å². The van der Waals surface area contributed by atoms with Crippen LogP contribution in [-0.2, 0) is 37.5 Å². The average Bonchev–Trinajstić information content (AvgIpc) is 3.41. The van der Waals surface area contributed by atoms with E-state index in [1.165, 1.54) is 26.1 Å². The largest absolute Gasteiger partial charge is 0.497 e. The van der Waals surface area contributed by atoms with Crippen LogP contribution >= 0.6 is 0 Å². The zero-order chi connectivity index (χ0) is 38.1. The molecule has 3 heterocycles. The van der Waals surface area contributed by atoms with Crippen molar-refractivity contribution in [2.24, 2.45) is 0 Å². The molecule has 2 atom stereocenters. The van der Waals surface area contributed by atoms with E-state index in [0.717, 1.165) is 63.3 Å². The molecule has 3 aromatic carbocycles. The number of hydrogen-bond donors (Lipinski definition) is 2. The Bertz CT molecular complexity index is 2180. The summed E-state index contributed by atoms with van der Waals surface area (Å²) in [5, 5.41) is 4.06. The summed E-state index contributed by atoms with van der Waals surface area (Å²) in [5.41, 5.74) is 5.92. The number of carbonyl (C=O) groups is 3. The van der Waals surface area contributed by atoms with Crippen LogP contribution in [0.25, 0.3) is 22.2 Å². The topological polar surface area (TPSA) is 149 Å². The maximum atomic E-state index is 14.0. The molecule has 2 unspecified atom stereocenters. The van der Waals surface area contributed by atoms with Crippen molar-refractivity contribution in [3.8, 4) is 22.8 Å². The van der Waals surface area contributed by atoms with Crippen molar-refractivity contribution in [2.75, 3.05) is 48.1 Å². The predicted octanol–water partition coefficient (Wildman–Crippen LogP) is 4.55. The number of ether oxygens (including phenoxy) is 3. The fourth-order valence-electron chi connectivity index (χ4n) is 8.14. The summed E-state index contributed by atoms with van der Waals surface area (Å²) in [6.45, 7) is 1.15. The first-order valence-electron chi connectivity index (χ1n) is 18.4. The van der Waals surface area contributed by atoms with Gasteiger partial charge in [0.1, 0.15) is 11.5 Å². The minimum Gasteiger partial charge on any atom is -0.497 e. The minimum atomic E-state index is -4.03. The summed E-state index contributed by atoms with van der Waals surface area (Å²) in [6.07, 6.45) is 5.84. The molecule has 14 heteroatoms. The number of carbonyl (C=O) groups excluding carboxylic acids is 3. The Kier molecular flexibility index (Phi) is 10.7. The van der Waals surface area contributed by atoms with Crippen LogP contribution in [-0.4, -0.2) is 94.0 Å². The van der Waals surface area contributed by atoms with Crippen LogP contribution in [0, 0.1) is 0 Å². The molecular formula is C40H47N5O8S. The second-order valence-electron chi connectivity index (χ2n) is 14.4.